The third kappa shape index (κ3) is 3.10. The lowest BCUT2D eigenvalue weighted by molar-refractivity contribution is -0.113. The molecular formula is C8H13I2NO. The molecule has 0 aromatic carbocycles. The molecule has 1 aliphatic rings. The Labute approximate surface area is 100 Å². The monoisotopic (exact) mass is 393 g/mol. The van der Waals surface area contributed by atoms with Crippen molar-refractivity contribution in [2.75, 3.05) is 0 Å². The third-order valence-corrected chi connectivity index (χ3v) is 4.44. The van der Waals surface area contributed by atoms with E-state index in [1.54, 1.807) is 0 Å². The van der Waals surface area contributed by atoms with Gasteiger partial charge in [-0.25, -0.2) is 0 Å². The van der Waals surface area contributed by atoms with E-state index >= 15 is 0 Å². The molecule has 1 fully saturated rings. The van der Waals surface area contributed by atoms with E-state index in [2.05, 4.69) is 22.6 Å². The zero-order chi connectivity index (χ0) is 9.14. The summed E-state index contributed by atoms with van der Waals surface area (Å²) in [5, 5.41) is 0. The zero-order valence-electron chi connectivity index (χ0n) is 6.80. The summed E-state index contributed by atoms with van der Waals surface area (Å²) >= 11 is 4.19. The van der Waals surface area contributed by atoms with Gasteiger partial charge >= 0.3 is 0 Å². The van der Waals surface area contributed by atoms with Gasteiger partial charge in [-0.15, -0.1) is 0 Å². The number of carbonyl (C=O) groups excluding carboxylic acids is 1. The van der Waals surface area contributed by atoms with E-state index in [0.717, 1.165) is 25.7 Å². The molecule has 0 aromatic rings. The van der Waals surface area contributed by atoms with Gasteiger partial charge in [0.05, 0.1) is 4.05 Å². The first kappa shape index (κ1) is 11.2. The Kier molecular flexibility index (Phi) is 4.74. The number of hydrogen-bond acceptors (Lipinski definition) is 2. The normalized spacial score (nSPS) is 32.9. The van der Waals surface area contributed by atoms with Crippen LogP contribution in [0.4, 0.5) is 0 Å². The van der Waals surface area contributed by atoms with Crippen LogP contribution in [0.5, 0.6) is 0 Å². The summed E-state index contributed by atoms with van der Waals surface area (Å²) in [6, 6.07) is 0. The molecule has 1 unspecified atom stereocenters. The SMILES string of the molecule is NC(I)C1CCC(C(=O)I)CC1. The number of hydrogen-bond donors (Lipinski definition) is 1. The predicted octanol–water partition coefficient (Wildman–Crippen LogP) is 2.47. The van der Waals surface area contributed by atoms with Gasteiger partial charge < -0.3 is 5.73 Å². The van der Waals surface area contributed by atoms with Gasteiger partial charge in [-0.05, 0) is 54.2 Å². The molecule has 1 atom stereocenters. The summed E-state index contributed by atoms with van der Waals surface area (Å²) in [6.07, 6.45) is 4.35. The molecule has 0 heterocycles. The van der Waals surface area contributed by atoms with Gasteiger partial charge in [-0.1, -0.05) is 22.6 Å². The van der Waals surface area contributed by atoms with Gasteiger partial charge in [0.15, 0.2) is 3.79 Å². The minimum absolute atomic E-state index is 0.271. The van der Waals surface area contributed by atoms with E-state index in [-0.39, 0.29) is 4.05 Å². The minimum Gasteiger partial charge on any atom is -0.319 e. The van der Waals surface area contributed by atoms with Crippen LogP contribution in [0.3, 0.4) is 0 Å². The molecule has 4 heteroatoms. The van der Waals surface area contributed by atoms with Crippen molar-refractivity contribution in [2.24, 2.45) is 17.6 Å². The maximum Gasteiger partial charge on any atom is 0.195 e. The lowest BCUT2D eigenvalue weighted by atomic mass is 9.83. The van der Waals surface area contributed by atoms with Crippen LogP contribution >= 0.6 is 45.2 Å². The highest BCUT2D eigenvalue weighted by molar-refractivity contribution is 14.1. The summed E-state index contributed by atoms with van der Waals surface area (Å²) in [4.78, 5) is 11.0. The molecule has 1 saturated carbocycles. The molecule has 0 radical (unpaired) electrons. The molecule has 12 heavy (non-hydrogen) atoms. The van der Waals surface area contributed by atoms with Gasteiger partial charge in [-0.3, -0.25) is 4.79 Å². The van der Waals surface area contributed by atoms with Crippen molar-refractivity contribution in [3.63, 3.8) is 0 Å². The fourth-order valence-corrected chi connectivity index (χ4v) is 3.01. The Morgan fingerprint density at radius 2 is 1.83 bits per heavy atom. The number of carbonyl (C=O) groups is 1. The molecule has 0 amide bonds. The molecule has 0 aliphatic heterocycles. The van der Waals surface area contributed by atoms with Crippen LogP contribution in [0.25, 0.3) is 0 Å². The fourth-order valence-electron chi connectivity index (χ4n) is 1.66. The largest absolute Gasteiger partial charge is 0.319 e. The summed E-state index contributed by atoms with van der Waals surface area (Å²) in [6.45, 7) is 0. The molecule has 0 spiro atoms. The minimum atomic E-state index is 0.271. The van der Waals surface area contributed by atoms with Crippen LogP contribution in [0.1, 0.15) is 25.7 Å². The van der Waals surface area contributed by atoms with Gasteiger partial charge in [0.25, 0.3) is 0 Å². The van der Waals surface area contributed by atoms with E-state index in [9.17, 15) is 4.79 Å². The van der Waals surface area contributed by atoms with E-state index in [0.29, 0.717) is 15.6 Å². The molecule has 0 bridgehead atoms. The van der Waals surface area contributed by atoms with Crippen LogP contribution in [-0.2, 0) is 4.79 Å². The summed E-state index contributed by atoms with van der Waals surface area (Å²) in [5.41, 5.74) is 5.79. The van der Waals surface area contributed by atoms with Crippen LogP contribution in [-0.4, -0.2) is 7.84 Å². The first-order valence-corrected chi connectivity index (χ1v) is 6.52. The molecule has 70 valence electrons. The van der Waals surface area contributed by atoms with Gasteiger partial charge in [0.2, 0.25) is 0 Å². The lowest BCUT2D eigenvalue weighted by Crippen LogP contribution is -2.29. The van der Waals surface area contributed by atoms with Crippen molar-refractivity contribution >= 4 is 49.0 Å². The maximum atomic E-state index is 11.0. The van der Waals surface area contributed by atoms with Crippen LogP contribution in [0.2, 0.25) is 0 Å². The Morgan fingerprint density at radius 3 is 2.17 bits per heavy atom. The van der Waals surface area contributed by atoms with Gasteiger partial charge in [0.1, 0.15) is 0 Å². The summed E-state index contributed by atoms with van der Waals surface area (Å²) in [7, 11) is 0. The lowest BCUT2D eigenvalue weighted by Gasteiger charge is -2.27. The molecule has 0 saturated heterocycles. The fraction of sp³-hybridized carbons (Fsp3) is 0.875. The van der Waals surface area contributed by atoms with Crippen molar-refractivity contribution < 1.29 is 4.79 Å². The highest BCUT2D eigenvalue weighted by Gasteiger charge is 2.26. The van der Waals surface area contributed by atoms with E-state index in [1.165, 1.54) is 0 Å². The molecule has 2 N–H and O–H groups in total. The van der Waals surface area contributed by atoms with Gasteiger partial charge in [0, 0.05) is 5.92 Å². The molecular weight excluding hydrogens is 380 g/mol. The average Bonchev–Trinajstić information content (AvgIpc) is 2.04. The number of alkyl halides is 1. The first-order chi connectivity index (χ1) is 5.61. The van der Waals surface area contributed by atoms with Crippen molar-refractivity contribution in [1.29, 1.82) is 0 Å². The Bertz CT molecular complexity index is 164. The predicted molar refractivity (Wildman–Crippen MR) is 66.5 cm³/mol. The van der Waals surface area contributed by atoms with Gasteiger partial charge in [-0.2, -0.15) is 0 Å². The molecule has 1 aliphatic carbocycles. The zero-order valence-corrected chi connectivity index (χ0v) is 11.1. The topological polar surface area (TPSA) is 43.1 Å². The highest BCUT2D eigenvalue weighted by atomic mass is 127. The summed E-state index contributed by atoms with van der Waals surface area (Å²) in [5.74, 6) is 0.953. The average molecular weight is 393 g/mol. The van der Waals surface area contributed by atoms with Crippen molar-refractivity contribution in [1.82, 2.24) is 0 Å². The van der Waals surface area contributed by atoms with Crippen LogP contribution in [0, 0.1) is 11.8 Å². The number of halogens is 2. The Balaban J connectivity index is 2.34. The third-order valence-electron chi connectivity index (χ3n) is 2.54. The van der Waals surface area contributed by atoms with Crippen LogP contribution < -0.4 is 5.73 Å². The second-order valence-electron chi connectivity index (χ2n) is 3.36. The molecule has 0 aromatic heterocycles. The second-order valence-corrected chi connectivity index (χ2v) is 5.86. The van der Waals surface area contributed by atoms with E-state index < -0.39 is 0 Å². The maximum absolute atomic E-state index is 11.0. The Hall–Kier alpha value is 1.09. The van der Waals surface area contributed by atoms with Crippen LogP contribution in [0.15, 0.2) is 0 Å². The highest BCUT2D eigenvalue weighted by Crippen LogP contribution is 2.33. The van der Waals surface area contributed by atoms with E-state index in [1.807, 2.05) is 22.6 Å². The van der Waals surface area contributed by atoms with Crippen molar-refractivity contribution in [2.45, 2.75) is 29.7 Å². The summed E-state index contributed by atoms with van der Waals surface area (Å²) < 4.78 is 0.598. The molecule has 2 nitrogen and oxygen atoms in total. The standard InChI is InChI=1S/C8H13I2NO/c9-7(11)5-1-3-6(4-2-5)8(10)12/h5-7H,1-4,11H2. The molecule has 1 rings (SSSR count). The number of nitrogens with two attached hydrogens (primary N) is 1. The van der Waals surface area contributed by atoms with E-state index in [4.69, 9.17) is 5.73 Å². The van der Waals surface area contributed by atoms with Crippen molar-refractivity contribution in [3.8, 4) is 0 Å². The second kappa shape index (κ2) is 5.09. The quantitative estimate of drug-likeness (QED) is 0.339. The number of rotatable bonds is 2. The smallest absolute Gasteiger partial charge is 0.195 e. The first-order valence-electron chi connectivity index (χ1n) is 4.20. The van der Waals surface area contributed by atoms with Crippen molar-refractivity contribution in [3.05, 3.63) is 0 Å². The Morgan fingerprint density at radius 1 is 1.33 bits per heavy atom.